The third-order valence-electron chi connectivity index (χ3n) is 4.16. The van der Waals surface area contributed by atoms with Crippen molar-refractivity contribution in [3.8, 4) is 0 Å². The molecule has 0 aliphatic heterocycles. The zero-order chi connectivity index (χ0) is 21.7. The minimum atomic E-state index is -4.75. The zero-order valence-electron chi connectivity index (χ0n) is 14.8. The van der Waals surface area contributed by atoms with Gasteiger partial charge in [0, 0.05) is 19.1 Å². The number of fused-ring (bicyclic) bond motifs is 1. The number of alkyl halides is 3. The van der Waals surface area contributed by atoms with Gasteiger partial charge in [-0.25, -0.2) is 4.79 Å². The van der Waals surface area contributed by atoms with Gasteiger partial charge in [-0.05, 0) is 29.8 Å². The number of benzene rings is 1. The molecule has 0 atom stereocenters. The van der Waals surface area contributed by atoms with Crippen molar-refractivity contribution in [1.82, 2.24) is 18.7 Å². The molecule has 0 saturated carbocycles. The molecule has 154 valence electrons. The number of imidazole rings is 1. The molecule has 0 radical (unpaired) electrons. The minimum absolute atomic E-state index is 0.0571. The van der Waals surface area contributed by atoms with E-state index in [1.165, 1.54) is 20.2 Å². The van der Waals surface area contributed by atoms with Crippen LogP contribution in [0.2, 0.25) is 10.3 Å². The summed E-state index contributed by atoms with van der Waals surface area (Å²) in [6, 6.07) is 2.89. The molecular formula is C16H12Cl2F3N5O3. The van der Waals surface area contributed by atoms with Crippen LogP contribution in [-0.2, 0) is 31.6 Å². The highest BCUT2D eigenvalue weighted by Gasteiger charge is 2.34. The van der Waals surface area contributed by atoms with Gasteiger partial charge in [-0.2, -0.15) is 18.2 Å². The molecule has 0 spiro atoms. The lowest BCUT2D eigenvalue weighted by Gasteiger charge is -2.14. The zero-order valence-corrected chi connectivity index (χ0v) is 16.4. The Kier molecular flexibility index (Phi) is 5.22. The summed E-state index contributed by atoms with van der Waals surface area (Å²) in [6.45, 7) is -0.608. The van der Waals surface area contributed by atoms with E-state index in [0.29, 0.717) is 6.07 Å². The van der Waals surface area contributed by atoms with E-state index in [0.717, 1.165) is 19.8 Å². The Hall–Kier alpha value is -2.79. The molecule has 3 rings (SSSR count). The van der Waals surface area contributed by atoms with Crippen LogP contribution in [0.25, 0.3) is 11.2 Å². The van der Waals surface area contributed by atoms with Crippen molar-refractivity contribution in [2.45, 2.75) is 12.7 Å². The molecule has 0 fully saturated rings. The maximum Gasteiger partial charge on any atom is 0.418 e. The van der Waals surface area contributed by atoms with Crippen molar-refractivity contribution in [3.05, 3.63) is 54.9 Å². The first-order valence-corrected chi connectivity index (χ1v) is 8.65. The number of anilines is 1. The normalized spacial score (nSPS) is 11.8. The molecule has 1 aromatic carbocycles. The number of aromatic nitrogens is 4. The highest BCUT2D eigenvalue weighted by Crippen LogP contribution is 2.36. The number of rotatable bonds is 3. The Morgan fingerprint density at radius 1 is 1.17 bits per heavy atom. The summed E-state index contributed by atoms with van der Waals surface area (Å²) >= 11 is 11.6. The molecule has 8 nitrogen and oxygen atoms in total. The Bertz CT molecular complexity index is 1260. The SMILES string of the molecule is Cn1c(=O)c2c(nc(Cl)n2CC(=O)Nc2ccc(Cl)cc2C(F)(F)F)n(C)c1=O. The fourth-order valence-corrected chi connectivity index (χ4v) is 3.15. The Morgan fingerprint density at radius 3 is 2.45 bits per heavy atom. The maximum absolute atomic E-state index is 13.2. The van der Waals surface area contributed by atoms with Crippen LogP contribution >= 0.6 is 23.2 Å². The Balaban J connectivity index is 2.02. The van der Waals surface area contributed by atoms with E-state index in [1.54, 1.807) is 0 Å². The minimum Gasteiger partial charge on any atom is -0.324 e. The van der Waals surface area contributed by atoms with Crippen LogP contribution in [0.4, 0.5) is 18.9 Å². The van der Waals surface area contributed by atoms with Crippen LogP contribution in [0.1, 0.15) is 5.56 Å². The summed E-state index contributed by atoms with van der Waals surface area (Å²) in [7, 11) is 2.60. The quantitative estimate of drug-likeness (QED) is 0.621. The predicted octanol–water partition coefficient (Wildman–Crippen LogP) is 2.40. The average molecular weight is 450 g/mol. The number of carbonyl (C=O) groups excluding carboxylic acids is 1. The topological polar surface area (TPSA) is 90.9 Å². The van der Waals surface area contributed by atoms with Crippen LogP contribution in [0.3, 0.4) is 0 Å². The second kappa shape index (κ2) is 7.23. The van der Waals surface area contributed by atoms with Crippen molar-refractivity contribution in [2.24, 2.45) is 14.1 Å². The standard InChI is InChI=1S/C16H12Cl2F3N5O3/c1-24-12-11(13(28)25(2)15(24)29)26(14(18)23-12)6-10(27)22-9-4-3-7(17)5-8(9)16(19,20)21/h3-5H,6H2,1-2H3,(H,22,27). The fraction of sp³-hybridized carbons (Fsp3) is 0.250. The molecule has 0 bridgehead atoms. The van der Waals surface area contributed by atoms with Gasteiger partial charge in [0.1, 0.15) is 6.54 Å². The van der Waals surface area contributed by atoms with Crippen LogP contribution in [0.5, 0.6) is 0 Å². The van der Waals surface area contributed by atoms with E-state index in [2.05, 4.69) is 10.3 Å². The van der Waals surface area contributed by atoms with Gasteiger partial charge in [-0.15, -0.1) is 0 Å². The summed E-state index contributed by atoms with van der Waals surface area (Å²) in [5, 5.41) is 1.71. The summed E-state index contributed by atoms with van der Waals surface area (Å²) < 4.78 is 42.4. The van der Waals surface area contributed by atoms with Crippen molar-refractivity contribution >= 4 is 46.0 Å². The van der Waals surface area contributed by atoms with Gasteiger partial charge < -0.3 is 5.32 Å². The van der Waals surface area contributed by atoms with E-state index in [1.807, 2.05) is 0 Å². The second-order valence-electron chi connectivity index (χ2n) is 6.08. The Labute approximate surface area is 170 Å². The van der Waals surface area contributed by atoms with Crippen LogP contribution < -0.4 is 16.6 Å². The van der Waals surface area contributed by atoms with Gasteiger partial charge >= 0.3 is 11.9 Å². The van der Waals surface area contributed by atoms with Gasteiger partial charge in [0.15, 0.2) is 11.2 Å². The summed E-state index contributed by atoms with van der Waals surface area (Å²) in [6.07, 6.45) is -4.75. The lowest BCUT2D eigenvalue weighted by molar-refractivity contribution is -0.137. The summed E-state index contributed by atoms with van der Waals surface area (Å²) in [5.74, 6) is -0.894. The molecular weight excluding hydrogens is 438 g/mol. The number of amides is 1. The highest BCUT2D eigenvalue weighted by atomic mass is 35.5. The predicted molar refractivity (Wildman–Crippen MR) is 100 cm³/mol. The van der Waals surface area contributed by atoms with Gasteiger partial charge in [-0.3, -0.25) is 23.3 Å². The van der Waals surface area contributed by atoms with Crippen molar-refractivity contribution in [3.63, 3.8) is 0 Å². The average Bonchev–Trinajstić information content (AvgIpc) is 2.95. The lowest BCUT2D eigenvalue weighted by atomic mass is 10.1. The van der Waals surface area contributed by atoms with Crippen LogP contribution in [0.15, 0.2) is 27.8 Å². The molecule has 3 aromatic rings. The summed E-state index contributed by atoms with van der Waals surface area (Å²) in [4.78, 5) is 40.7. The Morgan fingerprint density at radius 2 is 1.83 bits per heavy atom. The number of carbonyl (C=O) groups is 1. The molecule has 29 heavy (non-hydrogen) atoms. The van der Waals surface area contributed by atoms with Crippen molar-refractivity contribution in [2.75, 3.05) is 5.32 Å². The molecule has 0 aliphatic carbocycles. The van der Waals surface area contributed by atoms with E-state index < -0.39 is 41.1 Å². The molecule has 0 aliphatic rings. The second-order valence-corrected chi connectivity index (χ2v) is 6.86. The van der Waals surface area contributed by atoms with Crippen LogP contribution in [0, 0.1) is 0 Å². The summed E-state index contributed by atoms with van der Waals surface area (Å²) in [5.41, 5.74) is -3.23. The largest absolute Gasteiger partial charge is 0.418 e. The first kappa shape index (κ1) is 20.9. The van der Waals surface area contributed by atoms with Crippen LogP contribution in [-0.4, -0.2) is 24.6 Å². The number of hydrogen-bond donors (Lipinski definition) is 1. The van der Waals surface area contributed by atoms with E-state index >= 15 is 0 Å². The number of aryl methyl sites for hydroxylation is 1. The van der Waals surface area contributed by atoms with E-state index in [-0.39, 0.29) is 21.5 Å². The van der Waals surface area contributed by atoms with Gasteiger partial charge in [0.05, 0.1) is 11.3 Å². The molecule has 13 heteroatoms. The van der Waals surface area contributed by atoms with Crippen molar-refractivity contribution in [1.29, 1.82) is 0 Å². The third kappa shape index (κ3) is 3.75. The monoisotopic (exact) mass is 449 g/mol. The number of nitrogens with zero attached hydrogens (tertiary/aromatic N) is 4. The molecule has 1 N–H and O–H groups in total. The molecule has 2 aromatic heterocycles. The maximum atomic E-state index is 13.2. The molecule has 2 heterocycles. The van der Waals surface area contributed by atoms with Gasteiger partial charge in [0.25, 0.3) is 5.56 Å². The van der Waals surface area contributed by atoms with E-state index in [9.17, 15) is 27.6 Å². The van der Waals surface area contributed by atoms with Crippen molar-refractivity contribution < 1.29 is 18.0 Å². The number of nitrogens with one attached hydrogen (secondary N) is 1. The fourth-order valence-electron chi connectivity index (χ4n) is 2.76. The van der Waals surface area contributed by atoms with Gasteiger partial charge in [0.2, 0.25) is 11.2 Å². The number of halogens is 5. The van der Waals surface area contributed by atoms with E-state index in [4.69, 9.17) is 23.2 Å². The first-order chi connectivity index (χ1) is 13.4. The smallest absolute Gasteiger partial charge is 0.324 e. The highest BCUT2D eigenvalue weighted by molar-refractivity contribution is 6.30. The first-order valence-electron chi connectivity index (χ1n) is 7.90. The van der Waals surface area contributed by atoms with Gasteiger partial charge in [-0.1, -0.05) is 11.6 Å². The third-order valence-corrected chi connectivity index (χ3v) is 4.69. The lowest BCUT2D eigenvalue weighted by Crippen LogP contribution is -2.37. The molecule has 0 saturated heterocycles. The molecule has 1 amide bonds. The molecule has 0 unspecified atom stereocenters. The number of hydrogen-bond acceptors (Lipinski definition) is 4.